The molecule has 1 rings (SSSR count). The number of amidine groups is 1. The van der Waals surface area contributed by atoms with Gasteiger partial charge in [-0.05, 0) is 20.8 Å². The number of rotatable bonds is 0. The van der Waals surface area contributed by atoms with Crippen LogP contribution in [0.1, 0.15) is 20.8 Å². The van der Waals surface area contributed by atoms with Crippen LogP contribution in [-0.2, 0) is 0 Å². The van der Waals surface area contributed by atoms with Gasteiger partial charge in [0, 0.05) is 5.54 Å². The van der Waals surface area contributed by atoms with Crippen molar-refractivity contribution in [1.29, 1.82) is 5.41 Å². The van der Waals surface area contributed by atoms with Crippen LogP contribution in [0.3, 0.4) is 0 Å². The van der Waals surface area contributed by atoms with Crippen LogP contribution in [0.25, 0.3) is 0 Å². The van der Waals surface area contributed by atoms with Crippen molar-refractivity contribution >= 4 is 23.0 Å². The lowest BCUT2D eigenvalue weighted by Crippen LogP contribution is -2.54. The van der Waals surface area contributed by atoms with E-state index in [0.717, 1.165) is 0 Å². The zero-order chi connectivity index (χ0) is 9.35. The summed E-state index contributed by atoms with van der Waals surface area (Å²) in [4.78, 5) is 13.0. The van der Waals surface area contributed by atoms with Gasteiger partial charge in [-0.15, -0.1) is 0 Å². The van der Waals surface area contributed by atoms with Crippen molar-refractivity contribution in [2.24, 2.45) is 0 Å². The third-order valence-electron chi connectivity index (χ3n) is 1.61. The Kier molecular flexibility index (Phi) is 2.32. The van der Waals surface area contributed by atoms with Crippen molar-refractivity contribution in [3.05, 3.63) is 0 Å². The molecule has 0 atom stereocenters. The second-order valence-electron chi connectivity index (χ2n) is 3.63. The number of hydrogen-bond donors (Lipinski definition) is 2. The fraction of sp³-hybridized carbons (Fsp3) is 0.714. The van der Waals surface area contributed by atoms with Crippen molar-refractivity contribution in [3.8, 4) is 0 Å². The molecular weight excluding hydrogens is 174 g/mol. The summed E-state index contributed by atoms with van der Waals surface area (Å²) in [7, 11) is 0. The van der Waals surface area contributed by atoms with Crippen molar-refractivity contribution < 1.29 is 4.79 Å². The van der Waals surface area contributed by atoms with Gasteiger partial charge >= 0.3 is 6.03 Å². The van der Waals surface area contributed by atoms with Gasteiger partial charge in [0.25, 0.3) is 0 Å². The van der Waals surface area contributed by atoms with E-state index in [9.17, 15) is 4.79 Å². The van der Waals surface area contributed by atoms with Crippen molar-refractivity contribution in [2.45, 2.75) is 26.3 Å². The summed E-state index contributed by atoms with van der Waals surface area (Å²) < 4.78 is 0. The van der Waals surface area contributed by atoms with Gasteiger partial charge in [0.2, 0.25) is 0 Å². The Labute approximate surface area is 76.2 Å². The van der Waals surface area contributed by atoms with Crippen LogP contribution in [0.4, 0.5) is 4.79 Å². The summed E-state index contributed by atoms with van der Waals surface area (Å²) in [5, 5.41) is 9.92. The van der Waals surface area contributed by atoms with Crippen LogP contribution < -0.4 is 5.32 Å². The monoisotopic (exact) mass is 187 g/mol. The summed E-state index contributed by atoms with van der Waals surface area (Å²) in [5.74, 6) is 0.564. The second-order valence-corrected chi connectivity index (χ2v) is 4.59. The van der Waals surface area contributed by atoms with E-state index in [1.807, 2.05) is 20.8 Å². The third kappa shape index (κ3) is 1.91. The molecule has 1 aliphatic rings. The summed E-state index contributed by atoms with van der Waals surface area (Å²) in [6, 6.07) is -0.175. The molecule has 68 valence electrons. The normalized spacial score (nSPS) is 19.4. The van der Waals surface area contributed by atoms with Crippen LogP contribution in [-0.4, -0.2) is 27.5 Å². The maximum atomic E-state index is 11.3. The van der Waals surface area contributed by atoms with Crippen LogP contribution in [0.15, 0.2) is 0 Å². The lowest BCUT2D eigenvalue weighted by atomic mass is 10.1. The number of carbonyl (C=O) groups excluding carboxylic acids is 1. The highest BCUT2D eigenvalue weighted by Gasteiger charge is 2.30. The Morgan fingerprint density at radius 1 is 1.58 bits per heavy atom. The quantitative estimate of drug-likeness (QED) is 0.603. The van der Waals surface area contributed by atoms with E-state index in [0.29, 0.717) is 5.88 Å². The number of nitrogens with zero attached hydrogens (tertiary/aromatic N) is 1. The van der Waals surface area contributed by atoms with Crippen molar-refractivity contribution in [3.63, 3.8) is 0 Å². The van der Waals surface area contributed by atoms with E-state index >= 15 is 0 Å². The number of amides is 2. The molecule has 1 fully saturated rings. The summed E-state index contributed by atoms with van der Waals surface area (Å²) in [6.07, 6.45) is 0. The van der Waals surface area contributed by atoms with Crippen LogP contribution >= 0.6 is 11.8 Å². The molecule has 0 bridgehead atoms. The molecule has 0 unspecified atom stereocenters. The molecule has 4 nitrogen and oxygen atoms in total. The molecule has 12 heavy (non-hydrogen) atoms. The van der Waals surface area contributed by atoms with E-state index in [1.54, 1.807) is 4.90 Å². The Morgan fingerprint density at radius 2 is 2.17 bits per heavy atom. The molecule has 5 heteroatoms. The number of carbonyl (C=O) groups is 1. The zero-order valence-corrected chi connectivity index (χ0v) is 8.29. The average molecular weight is 187 g/mol. The van der Waals surface area contributed by atoms with Crippen LogP contribution in [0.5, 0.6) is 0 Å². The number of urea groups is 1. The first-order valence-corrected chi connectivity index (χ1v) is 4.70. The number of nitrogens with one attached hydrogen (secondary N) is 2. The van der Waals surface area contributed by atoms with Gasteiger partial charge in [-0.25, -0.2) is 4.79 Å². The topological polar surface area (TPSA) is 56.2 Å². The maximum absolute atomic E-state index is 11.3. The molecule has 2 N–H and O–H groups in total. The van der Waals surface area contributed by atoms with E-state index in [1.165, 1.54) is 11.8 Å². The van der Waals surface area contributed by atoms with Gasteiger partial charge in [0.15, 0.2) is 5.17 Å². The molecule has 2 amide bonds. The fourth-order valence-corrected chi connectivity index (χ4v) is 1.81. The van der Waals surface area contributed by atoms with Gasteiger partial charge in [0.05, 0.1) is 5.88 Å². The molecule has 1 aliphatic heterocycles. The summed E-state index contributed by atoms with van der Waals surface area (Å²) in [5.41, 5.74) is -0.169. The smallest absolute Gasteiger partial charge is 0.310 e. The Morgan fingerprint density at radius 3 is 2.58 bits per heavy atom. The minimum absolute atomic E-state index is 0.169. The SMILES string of the molecule is CC(C)(C)N1CSC(=N)NC1=O. The van der Waals surface area contributed by atoms with E-state index in [2.05, 4.69) is 5.32 Å². The van der Waals surface area contributed by atoms with Crippen LogP contribution in [0, 0.1) is 5.41 Å². The first kappa shape index (κ1) is 9.38. The molecule has 0 aliphatic carbocycles. The highest BCUT2D eigenvalue weighted by Crippen LogP contribution is 2.20. The van der Waals surface area contributed by atoms with Crippen molar-refractivity contribution in [1.82, 2.24) is 10.2 Å². The Balaban J connectivity index is 2.69. The second kappa shape index (κ2) is 2.97. The van der Waals surface area contributed by atoms with Gasteiger partial charge in [-0.1, -0.05) is 11.8 Å². The van der Waals surface area contributed by atoms with Gasteiger partial charge in [-0.2, -0.15) is 0 Å². The molecule has 1 heterocycles. The predicted molar refractivity (Wildman–Crippen MR) is 50.3 cm³/mol. The largest absolute Gasteiger partial charge is 0.324 e. The van der Waals surface area contributed by atoms with Gasteiger partial charge < -0.3 is 4.90 Å². The number of hydrogen-bond acceptors (Lipinski definition) is 3. The molecule has 0 saturated carbocycles. The first-order valence-electron chi connectivity index (χ1n) is 3.71. The minimum atomic E-state index is -0.175. The molecule has 0 aromatic carbocycles. The van der Waals surface area contributed by atoms with Crippen molar-refractivity contribution in [2.75, 3.05) is 5.88 Å². The minimum Gasteiger partial charge on any atom is -0.310 e. The predicted octanol–water partition coefficient (Wildman–Crippen LogP) is 1.44. The molecule has 0 spiro atoms. The number of thioether (sulfide) groups is 1. The zero-order valence-electron chi connectivity index (χ0n) is 7.47. The Bertz CT molecular complexity index is 221. The maximum Gasteiger partial charge on any atom is 0.324 e. The molecule has 1 saturated heterocycles. The highest BCUT2D eigenvalue weighted by atomic mass is 32.2. The summed E-state index contributed by atoms with van der Waals surface area (Å²) >= 11 is 1.33. The van der Waals surface area contributed by atoms with E-state index in [-0.39, 0.29) is 16.7 Å². The lowest BCUT2D eigenvalue weighted by Gasteiger charge is -2.37. The lowest BCUT2D eigenvalue weighted by molar-refractivity contribution is 0.165. The van der Waals surface area contributed by atoms with Crippen LogP contribution in [0.2, 0.25) is 0 Å². The van der Waals surface area contributed by atoms with E-state index in [4.69, 9.17) is 5.41 Å². The molecule has 0 aromatic heterocycles. The fourth-order valence-electron chi connectivity index (χ4n) is 0.887. The van der Waals surface area contributed by atoms with Gasteiger partial charge in [0.1, 0.15) is 0 Å². The average Bonchev–Trinajstić information content (AvgIpc) is 1.83. The standard InChI is InChI=1S/C7H13N3OS/c1-7(2,3)10-4-12-5(8)9-6(10)11/h4H2,1-3H3,(H2,8,9,11). The molecular formula is C7H13N3OS. The molecule has 0 aromatic rings. The van der Waals surface area contributed by atoms with Gasteiger partial charge in [-0.3, -0.25) is 10.7 Å². The molecule has 0 radical (unpaired) electrons. The first-order chi connectivity index (χ1) is 5.41. The third-order valence-corrected chi connectivity index (χ3v) is 2.39. The van der Waals surface area contributed by atoms with E-state index < -0.39 is 0 Å². The summed E-state index contributed by atoms with van der Waals surface area (Å²) in [6.45, 7) is 5.92. The Hall–Kier alpha value is -0.710. The highest BCUT2D eigenvalue weighted by molar-refractivity contribution is 8.13.